The van der Waals surface area contributed by atoms with Crippen molar-refractivity contribution in [2.24, 2.45) is 0 Å². The number of carbonyl (C=O) groups is 1. The molecular weight excluding hydrogens is 298 g/mol. The van der Waals surface area contributed by atoms with Gasteiger partial charge in [0.1, 0.15) is 0 Å². The zero-order chi connectivity index (χ0) is 16.8. The maximum atomic E-state index is 12.2. The Morgan fingerprint density at radius 3 is 2.54 bits per heavy atom. The molecular formula is C21H21NO2. The van der Waals surface area contributed by atoms with Crippen molar-refractivity contribution in [3.8, 4) is 0 Å². The molecule has 0 N–H and O–H groups in total. The highest BCUT2D eigenvalue weighted by atomic mass is 16.5. The highest BCUT2D eigenvalue weighted by molar-refractivity contribution is 5.89. The van der Waals surface area contributed by atoms with E-state index in [1.54, 1.807) is 6.07 Å². The molecule has 0 amide bonds. The molecule has 0 spiro atoms. The van der Waals surface area contributed by atoms with Gasteiger partial charge < -0.3 is 9.30 Å². The summed E-state index contributed by atoms with van der Waals surface area (Å²) in [5, 5.41) is 0. The lowest BCUT2D eigenvalue weighted by Gasteiger charge is -2.06. The zero-order valence-electron chi connectivity index (χ0n) is 13.8. The van der Waals surface area contributed by atoms with E-state index in [4.69, 9.17) is 4.74 Å². The Labute approximate surface area is 142 Å². The Morgan fingerprint density at radius 2 is 1.75 bits per heavy atom. The smallest absolute Gasteiger partial charge is 0.339 e. The maximum absolute atomic E-state index is 12.2. The lowest BCUT2D eigenvalue weighted by Crippen LogP contribution is -2.08. The molecule has 3 rings (SSSR count). The van der Waals surface area contributed by atoms with Crippen molar-refractivity contribution in [2.45, 2.75) is 19.9 Å². The molecule has 0 aliphatic carbocycles. The summed E-state index contributed by atoms with van der Waals surface area (Å²) in [6, 6.07) is 20.1. The maximum Gasteiger partial charge on any atom is 0.339 e. The Hall–Kier alpha value is -2.81. The van der Waals surface area contributed by atoms with Crippen LogP contribution in [0, 0.1) is 6.92 Å². The van der Waals surface area contributed by atoms with E-state index < -0.39 is 0 Å². The molecule has 0 saturated carbocycles. The Bertz CT molecular complexity index is 805. The standard InChI is InChI=1S/C21H21NO2/c1-17-7-5-6-10-19(17)12-14-24-21(23)20-11-13-22(16-20)15-18-8-3-2-4-9-18/h2-11,13,16H,12,14-15H2,1H3. The van der Waals surface area contributed by atoms with E-state index in [2.05, 4.69) is 31.2 Å². The Morgan fingerprint density at radius 1 is 1.00 bits per heavy atom. The molecule has 3 heteroatoms. The molecule has 0 saturated heterocycles. The molecule has 0 aliphatic heterocycles. The van der Waals surface area contributed by atoms with Crippen molar-refractivity contribution < 1.29 is 9.53 Å². The number of carbonyl (C=O) groups excluding carboxylic acids is 1. The molecule has 0 atom stereocenters. The van der Waals surface area contributed by atoms with Gasteiger partial charge >= 0.3 is 5.97 Å². The van der Waals surface area contributed by atoms with Crippen LogP contribution in [0.15, 0.2) is 73.1 Å². The van der Waals surface area contributed by atoms with Gasteiger partial charge in [0, 0.05) is 25.4 Å². The van der Waals surface area contributed by atoms with Crippen LogP contribution in [-0.2, 0) is 17.7 Å². The first-order valence-corrected chi connectivity index (χ1v) is 8.14. The number of hydrogen-bond acceptors (Lipinski definition) is 2. The fourth-order valence-corrected chi connectivity index (χ4v) is 2.68. The van der Waals surface area contributed by atoms with Crippen LogP contribution in [0.5, 0.6) is 0 Å². The summed E-state index contributed by atoms with van der Waals surface area (Å²) >= 11 is 0. The van der Waals surface area contributed by atoms with Crippen LogP contribution >= 0.6 is 0 Å². The lowest BCUT2D eigenvalue weighted by molar-refractivity contribution is 0.0509. The molecule has 24 heavy (non-hydrogen) atoms. The summed E-state index contributed by atoms with van der Waals surface area (Å²) in [6.07, 6.45) is 4.48. The minimum atomic E-state index is -0.268. The van der Waals surface area contributed by atoms with Gasteiger partial charge in [-0.05, 0) is 29.7 Å². The van der Waals surface area contributed by atoms with Crippen LogP contribution in [0.1, 0.15) is 27.0 Å². The minimum Gasteiger partial charge on any atom is -0.462 e. The third kappa shape index (κ3) is 4.13. The quantitative estimate of drug-likeness (QED) is 0.636. The zero-order valence-corrected chi connectivity index (χ0v) is 13.8. The van der Waals surface area contributed by atoms with E-state index in [0.29, 0.717) is 12.2 Å². The average Bonchev–Trinajstić information content (AvgIpc) is 3.06. The second kappa shape index (κ2) is 7.64. The van der Waals surface area contributed by atoms with Gasteiger partial charge in [-0.3, -0.25) is 0 Å². The molecule has 0 bridgehead atoms. The van der Waals surface area contributed by atoms with Crippen LogP contribution < -0.4 is 0 Å². The van der Waals surface area contributed by atoms with Crippen molar-refractivity contribution in [2.75, 3.05) is 6.61 Å². The number of ether oxygens (including phenoxy) is 1. The Kier molecular flexibility index (Phi) is 5.12. The van der Waals surface area contributed by atoms with Crippen molar-refractivity contribution in [1.29, 1.82) is 0 Å². The predicted molar refractivity (Wildman–Crippen MR) is 95.1 cm³/mol. The topological polar surface area (TPSA) is 31.2 Å². The van der Waals surface area contributed by atoms with Gasteiger partial charge in [0.25, 0.3) is 0 Å². The van der Waals surface area contributed by atoms with E-state index in [9.17, 15) is 4.79 Å². The molecule has 122 valence electrons. The SMILES string of the molecule is Cc1ccccc1CCOC(=O)c1ccn(Cc2ccccc2)c1. The highest BCUT2D eigenvalue weighted by Crippen LogP contribution is 2.10. The largest absolute Gasteiger partial charge is 0.462 e. The van der Waals surface area contributed by atoms with E-state index in [0.717, 1.165) is 13.0 Å². The molecule has 0 aliphatic rings. The number of aromatic nitrogens is 1. The molecule has 0 radical (unpaired) electrons. The molecule has 1 aromatic heterocycles. The molecule has 3 nitrogen and oxygen atoms in total. The molecule has 3 aromatic rings. The lowest BCUT2D eigenvalue weighted by atomic mass is 10.1. The number of rotatable bonds is 6. The Balaban J connectivity index is 1.53. The average molecular weight is 319 g/mol. The van der Waals surface area contributed by atoms with Crippen LogP contribution in [0.25, 0.3) is 0 Å². The molecule has 2 aromatic carbocycles. The summed E-state index contributed by atoms with van der Waals surface area (Å²) in [5.41, 5.74) is 4.23. The van der Waals surface area contributed by atoms with Gasteiger partial charge in [-0.15, -0.1) is 0 Å². The third-order valence-electron chi connectivity index (χ3n) is 4.06. The first kappa shape index (κ1) is 16.1. The monoisotopic (exact) mass is 319 g/mol. The predicted octanol–water partition coefficient (Wildman–Crippen LogP) is 4.24. The normalized spacial score (nSPS) is 10.5. The minimum absolute atomic E-state index is 0.268. The summed E-state index contributed by atoms with van der Waals surface area (Å²) in [5.74, 6) is -0.268. The van der Waals surface area contributed by atoms with Crippen molar-refractivity contribution in [3.63, 3.8) is 0 Å². The summed E-state index contributed by atoms with van der Waals surface area (Å²) in [6.45, 7) is 3.21. The van der Waals surface area contributed by atoms with E-state index in [1.807, 2.05) is 47.3 Å². The highest BCUT2D eigenvalue weighted by Gasteiger charge is 2.09. The number of esters is 1. The molecule has 0 unspecified atom stereocenters. The van der Waals surface area contributed by atoms with Crippen molar-refractivity contribution in [1.82, 2.24) is 4.57 Å². The fourth-order valence-electron chi connectivity index (χ4n) is 2.68. The first-order valence-electron chi connectivity index (χ1n) is 8.14. The van der Waals surface area contributed by atoms with Gasteiger partial charge in [-0.2, -0.15) is 0 Å². The van der Waals surface area contributed by atoms with Gasteiger partial charge in [0.2, 0.25) is 0 Å². The number of hydrogen-bond donors (Lipinski definition) is 0. The van der Waals surface area contributed by atoms with E-state index in [1.165, 1.54) is 16.7 Å². The van der Waals surface area contributed by atoms with Gasteiger partial charge in [0.05, 0.1) is 12.2 Å². The van der Waals surface area contributed by atoms with Gasteiger partial charge in [-0.25, -0.2) is 4.79 Å². The van der Waals surface area contributed by atoms with Gasteiger partial charge in [-0.1, -0.05) is 54.6 Å². The fraction of sp³-hybridized carbons (Fsp3) is 0.190. The summed E-state index contributed by atoms with van der Waals surface area (Å²) in [4.78, 5) is 12.2. The second-order valence-electron chi connectivity index (χ2n) is 5.87. The van der Waals surface area contributed by atoms with Crippen LogP contribution in [0.4, 0.5) is 0 Å². The number of nitrogens with zero attached hydrogens (tertiary/aromatic N) is 1. The van der Waals surface area contributed by atoms with Crippen LogP contribution in [0.2, 0.25) is 0 Å². The van der Waals surface area contributed by atoms with E-state index >= 15 is 0 Å². The van der Waals surface area contributed by atoms with Crippen molar-refractivity contribution in [3.05, 3.63) is 95.3 Å². The van der Waals surface area contributed by atoms with Crippen molar-refractivity contribution >= 4 is 5.97 Å². The summed E-state index contributed by atoms with van der Waals surface area (Å²) < 4.78 is 7.39. The number of aryl methyl sites for hydroxylation is 1. The third-order valence-corrected chi connectivity index (χ3v) is 4.06. The second-order valence-corrected chi connectivity index (χ2v) is 5.87. The van der Waals surface area contributed by atoms with Gasteiger partial charge in [0.15, 0.2) is 0 Å². The van der Waals surface area contributed by atoms with Crippen LogP contribution in [-0.4, -0.2) is 17.1 Å². The number of benzene rings is 2. The van der Waals surface area contributed by atoms with E-state index in [-0.39, 0.29) is 5.97 Å². The van der Waals surface area contributed by atoms with Crippen LogP contribution in [0.3, 0.4) is 0 Å². The molecule has 0 fully saturated rings. The molecule has 1 heterocycles. The summed E-state index contributed by atoms with van der Waals surface area (Å²) in [7, 11) is 0. The first-order chi connectivity index (χ1) is 11.7.